The van der Waals surface area contributed by atoms with Gasteiger partial charge in [0, 0.05) is 0 Å². The monoisotopic (exact) mass is 220 g/mol. The quantitative estimate of drug-likeness (QED) is 0.632. The molecular formula is C13H21BO2. The molecular weight excluding hydrogens is 199 g/mol. The molecule has 2 rings (SSSR count). The van der Waals surface area contributed by atoms with Gasteiger partial charge in [-0.3, -0.25) is 0 Å². The third-order valence-corrected chi connectivity index (χ3v) is 3.87. The zero-order valence-corrected chi connectivity index (χ0v) is 10.9. The molecule has 3 heteroatoms. The SMILES string of the molecule is CC1C=CC(B2OC(C)(C)C(C)(C)O2)=CC1. The lowest BCUT2D eigenvalue weighted by molar-refractivity contribution is 0.00578. The molecule has 2 aliphatic rings. The molecule has 1 atom stereocenters. The molecule has 1 heterocycles. The number of rotatable bonds is 1. The van der Waals surface area contributed by atoms with Gasteiger partial charge in [0.25, 0.3) is 0 Å². The van der Waals surface area contributed by atoms with Crippen LogP contribution in [0.25, 0.3) is 0 Å². The predicted octanol–water partition coefficient (Wildman–Crippen LogP) is 3.14. The van der Waals surface area contributed by atoms with Crippen molar-refractivity contribution in [2.45, 2.75) is 52.2 Å². The second kappa shape index (κ2) is 3.74. The van der Waals surface area contributed by atoms with Crippen LogP contribution in [-0.2, 0) is 9.31 Å². The minimum Gasteiger partial charge on any atom is -0.399 e. The Hall–Kier alpha value is -0.535. The van der Waals surface area contributed by atoms with E-state index in [0.717, 1.165) is 11.9 Å². The van der Waals surface area contributed by atoms with Gasteiger partial charge in [-0.25, -0.2) is 0 Å². The highest BCUT2D eigenvalue weighted by atomic mass is 16.7. The Morgan fingerprint density at radius 3 is 2.19 bits per heavy atom. The first-order valence-corrected chi connectivity index (χ1v) is 6.06. The third kappa shape index (κ3) is 1.98. The normalized spacial score (nSPS) is 31.7. The van der Waals surface area contributed by atoms with Crippen LogP contribution < -0.4 is 0 Å². The van der Waals surface area contributed by atoms with Crippen molar-refractivity contribution < 1.29 is 9.31 Å². The van der Waals surface area contributed by atoms with E-state index in [9.17, 15) is 0 Å². The summed E-state index contributed by atoms with van der Waals surface area (Å²) >= 11 is 0. The molecule has 0 N–H and O–H groups in total. The molecule has 1 unspecified atom stereocenters. The summed E-state index contributed by atoms with van der Waals surface area (Å²) in [7, 11) is -0.200. The fraction of sp³-hybridized carbons (Fsp3) is 0.692. The van der Waals surface area contributed by atoms with Crippen LogP contribution in [0.1, 0.15) is 41.0 Å². The minimum atomic E-state index is -0.241. The van der Waals surface area contributed by atoms with Crippen LogP contribution in [0.3, 0.4) is 0 Å². The second-order valence-corrected chi connectivity index (χ2v) is 5.86. The summed E-state index contributed by atoms with van der Waals surface area (Å²) in [5.74, 6) is 0.631. The molecule has 2 nitrogen and oxygen atoms in total. The van der Waals surface area contributed by atoms with Crippen LogP contribution in [0.15, 0.2) is 23.7 Å². The fourth-order valence-electron chi connectivity index (χ4n) is 1.90. The van der Waals surface area contributed by atoms with Crippen molar-refractivity contribution >= 4 is 7.12 Å². The average Bonchev–Trinajstić information content (AvgIpc) is 2.37. The highest BCUT2D eigenvalue weighted by Gasteiger charge is 2.52. The van der Waals surface area contributed by atoms with Crippen molar-refractivity contribution in [2.24, 2.45) is 5.92 Å². The van der Waals surface area contributed by atoms with Gasteiger partial charge in [-0.05, 0) is 45.5 Å². The molecule has 1 saturated heterocycles. The van der Waals surface area contributed by atoms with Gasteiger partial charge >= 0.3 is 7.12 Å². The molecule has 1 fully saturated rings. The summed E-state index contributed by atoms with van der Waals surface area (Å²) in [4.78, 5) is 0. The molecule has 88 valence electrons. The first kappa shape index (κ1) is 11.9. The molecule has 0 bridgehead atoms. The van der Waals surface area contributed by atoms with Gasteiger partial charge in [0.05, 0.1) is 11.2 Å². The molecule has 0 radical (unpaired) electrons. The van der Waals surface area contributed by atoms with E-state index in [4.69, 9.17) is 9.31 Å². The Balaban J connectivity index is 2.13. The topological polar surface area (TPSA) is 18.5 Å². The van der Waals surface area contributed by atoms with Crippen LogP contribution >= 0.6 is 0 Å². The largest absolute Gasteiger partial charge is 0.494 e. The van der Waals surface area contributed by atoms with E-state index in [2.05, 4.69) is 52.8 Å². The zero-order chi connectivity index (χ0) is 12.0. The molecule has 0 spiro atoms. The van der Waals surface area contributed by atoms with E-state index in [0.29, 0.717) is 5.92 Å². The summed E-state index contributed by atoms with van der Waals surface area (Å²) in [5, 5.41) is 0. The van der Waals surface area contributed by atoms with Crippen molar-refractivity contribution in [3.8, 4) is 0 Å². The van der Waals surface area contributed by atoms with Gasteiger partial charge in [0.1, 0.15) is 0 Å². The lowest BCUT2D eigenvalue weighted by Crippen LogP contribution is -2.41. The highest BCUT2D eigenvalue weighted by Crippen LogP contribution is 2.39. The van der Waals surface area contributed by atoms with Gasteiger partial charge in [0.2, 0.25) is 0 Å². The van der Waals surface area contributed by atoms with E-state index in [1.807, 2.05) is 0 Å². The van der Waals surface area contributed by atoms with E-state index >= 15 is 0 Å². The van der Waals surface area contributed by atoms with Gasteiger partial charge < -0.3 is 9.31 Å². The molecule has 0 aromatic carbocycles. The number of allylic oxidation sites excluding steroid dienone is 4. The summed E-state index contributed by atoms with van der Waals surface area (Å²) in [6.45, 7) is 10.6. The maximum atomic E-state index is 6.00. The molecule has 0 aromatic heterocycles. The smallest absolute Gasteiger partial charge is 0.399 e. The first-order chi connectivity index (χ1) is 7.32. The molecule has 16 heavy (non-hydrogen) atoms. The number of hydrogen-bond acceptors (Lipinski definition) is 2. The molecule has 0 aromatic rings. The van der Waals surface area contributed by atoms with Gasteiger partial charge in [-0.2, -0.15) is 0 Å². The Morgan fingerprint density at radius 1 is 1.19 bits per heavy atom. The van der Waals surface area contributed by atoms with Crippen LogP contribution in [0.5, 0.6) is 0 Å². The highest BCUT2D eigenvalue weighted by molar-refractivity contribution is 6.55. The minimum absolute atomic E-state index is 0.200. The lowest BCUT2D eigenvalue weighted by Gasteiger charge is -2.32. The Kier molecular flexibility index (Phi) is 2.79. The third-order valence-electron chi connectivity index (χ3n) is 3.87. The Bertz CT molecular complexity index is 326. The van der Waals surface area contributed by atoms with Crippen LogP contribution in [0.4, 0.5) is 0 Å². The van der Waals surface area contributed by atoms with Crippen LogP contribution in [0, 0.1) is 5.92 Å². The fourth-order valence-corrected chi connectivity index (χ4v) is 1.90. The van der Waals surface area contributed by atoms with Crippen molar-refractivity contribution in [2.75, 3.05) is 0 Å². The van der Waals surface area contributed by atoms with Crippen molar-refractivity contribution in [3.63, 3.8) is 0 Å². The second-order valence-electron chi connectivity index (χ2n) is 5.86. The van der Waals surface area contributed by atoms with Crippen molar-refractivity contribution in [1.82, 2.24) is 0 Å². The summed E-state index contributed by atoms with van der Waals surface area (Å²) in [5.41, 5.74) is 0.682. The first-order valence-electron chi connectivity index (χ1n) is 6.06. The Morgan fingerprint density at radius 2 is 1.75 bits per heavy atom. The van der Waals surface area contributed by atoms with Crippen molar-refractivity contribution in [3.05, 3.63) is 23.7 Å². The molecule has 1 aliphatic heterocycles. The van der Waals surface area contributed by atoms with Crippen LogP contribution in [-0.4, -0.2) is 18.3 Å². The predicted molar refractivity (Wildman–Crippen MR) is 67.1 cm³/mol. The van der Waals surface area contributed by atoms with E-state index < -0.39 is 0 Å². The maximum Gasteiger partial charge on any atom is 0.494 e. The summed E-state index contributed by atoms with van der Waals surface area (Å²) in [6, 6.07) is 0. The summed E-state index contributed by atoms with van der Waals surface area (Å²) < 4.78 is 12.0. The molecule has 0 amide bonds. The van der Waals surface area contributed by atoms with Crippen molar-refractivity contribution in [1.29, 1.82) is 0 Å². The zero-order valence-electron chi connectivity index (χ0n) is 10.9. The maximum absolute atomic E-state index is 6.00. The van der Waals surface area contributed by atoms with E-state index in [-0.39, 0.29) is 18.3 Å². The molecule has 0 saturated carbocycles. The van der Waals surface area contributed by atoms with E-state index in [1.165, 1.54) is 0 Å². The Labute approximate surface area is 98.8 Å². The van der Waals surface area contributed by atoms with E-state index in [1.54, 1.807) is 0 Å². The average molecular weight is 220 g/mol. The lowest BCUT2D eigenvalue weighted by atomic mass is 9.74. The van der Waals surface area contributed by atoms with Gasteiger partial charge in [-0.15, -0.1) is 0 Å². The standard InChI is InChI=1S/C13H21BO2/c1-10-6-8-11(9-7-10)14-15-12(2,3)13(4,5)16-14/h6,8-10H,7H2,1-5H3. The van der Waals surface area contributed by atoms with Crippen LogP contribution in [0.2, 0.25) is 0 Å². The van der Waals surface area contributed by atoms with Gasteiger partial charge in [0.15, 0.2) is 0 Å². The molecule has 1 aliphatic carbocycles. The summed E-state index contributed by atoms with van der Waals surface area (Å²) in [6.07, 6.45) is 7.67. The van der Waals surface area contributed by atoms with Gasteiger partial charge in [-0.1, -0.05) is 25.2 Å². The number of hydrogen-bond donors (Lipinski definition) is 0.